The van der Waals surface area contributed by atoms with E-state index in [1.54, 1.807) is 0 Å². The standard InChI is InChI=1S/C12H6F12O4/c13-9(14,15)7(27,10(16,17)18)3-1-4(6(26)5(25)2-3)8(28,11(19,20)21)12(22,23)24/h1-2,25-28H. The molecule has 4 nitrogen and oxygen atoms in total. The summed E-state index contributed by atoms with van der Waals surface area (Å²) in [5.74, 6) is -4.86. The highest BCUT2D eigenvalue weighted by molar-refractivity contribution is 5.53. The molecule has 0 aliphatic carbocycles. The molecule has 0 heterocycles. The number of phenolic OH excluding ortho intramolecular Hbond substituents is 2. The number of rotatable bonds is 2. The van der Waals surface area contributed by atoms with E-state index in [0.29, 0.717) is 0 Å². The first-order valence-corrected chi connectivity index (χ1v) is 6.32. The van der Waals surface area contributed by atoms with Crippen LogP contribution in [0.3, 0.4) is 0 Å². The lowest BCUT2D eigenvalue weighted by Gasteiger charge is -2.36. The second-order valence-electron chi connectivity index (χ2n) is 5.30. The van der Waals surface area contributed by atoms with Gasteiger partial charge in [-0.25, -0.2) is 0 Å². The molecule has 0 atom stereocenters. The molecule has 0 aromatic heterocycles. The maximum absolute atomic E-state index is 12.8. The Kier molecular flexibility index (Phi) is 5.30. The lowest BCUT2D eigenvalue weighted by atomic mass is 9.84. The molecule has 1 rings (SSSR count). The van der Waals surface area contributed by atoms with Gasteiger partial charge in [-0.2, -0.15) is 52.7 Å². The van der Waals surface area contributed by atoms with E-state index in [1.807, 2.05) is 0 Å². The molecule has 0 aliphatic rings. The molecule has 0 radical (unpaired) electrons. The predicted molar refractivity (Wildman–Crippen MR) is 61.8 cm³/mol. The molecule has 0 unspecified atom stereocenters. The zero-order valence-electron chi connectivity index (χ0n) is 12.5. The van der Waals surface area contributed by atoms with Crippen LogP contribution < -0.4 is 0 Å². The third-order valence-corrected chi connectivity index (χ3v) is 3.54. The van der Waals surface area contributed by atoms with Crippen molar-refractivity contribution in [1.82, 2.24) is 0 Å². The number of benzene rings is 1. The normalized spacial score (nSPS) is 15.1. The summed E-state index contributed by atoms with van der Waals surface area (Å²) in [6.45, 7) is 0. The third-order valence-electron chi connectivity index (χ3n) is 3.54. The van der Waals surface area contributed by atoms with Crippen molar-refractivity contribution in [3.05, 3.63) is 23.3 Å². The molecule has 0 bridgehead atoms. The van der Waals surface area contributed by atoms with Gasteiger partial charge in [-0.3, -0.25) is 0 Å². The molecule has 28 heavy (non-hydrogen) atoms. The minimum atomic E-state index is -6.83. The summed E-state index contributed by atoms with van der Waals surface area (Å²) in [4.78, 5) is 0. The summed E-state index contributed by atoms with van der Waals surface area (Å²) in [6.07, 6.45) is -27.2. The Morgan fingerprint density at radius 2 is 0.857 bits per heavy atom. The molecule has 0 amide bonds. The van der Waals surface area contributed by atoms with Gasteiger partial charge in [0.05, 0.1) is 0 Å². The van der Waals surface area contributed by atoms with Crippen molar-refractivity contribution in [1.29, 1.82) is 0 Å². The van der Waals surface area contributed by atoms with E-state index < -0.39 is 70.7 Å². The number of alkyl halides is 12. The second kappa shape index (κ2) is 6.20. The second-order valence-corrected chi connectivity index (χ2v) is 5.30. The van der Waals surface area contributed by atoms with Gasteiger partial charge in [-0.05, 0) is 12.1 Å². The van der Waals surface area contributed by atoms with Gasteiger partial charge in [0, 0.05) is 11.1 Å². The Labute approximate surface area is 145 Å². The average molecular weight is 442 g/mol. The Morgan fingerprint density at radius 3 is 1.14 bits per heavy atom. The fraction of sp³-hybridized carbons (Fsp3) is 0.500. The topological polar surface area (TPSA) is 80.9 Å². The van der Waals surface area contributed by atoms with Gasteiger partial charge in [0.2, 0.25) is 0 Å². The number of phenols is 2. The lowest BCUT2D eigenvalue weighted by Crippen LogP contribution is -2.55. The summed E-state index contributed by atoms with van der Waals surface area (Å²) >= 11 is 0. The Morgan fingerprint density at radius 1 is 0.536 bits per heavy atom. The van der Waals surface area contributed by atoms with Crippen molar-refractivity contribution in [2.24, 2.45) is 0 Å². The summed E-state index contributed by atoms with van der Waals surface area (Å²) in [5.41, 5.74) is -18.0. The zero-order valence-corrected chi connectivity index (χ0v) is 12.5. The van der Waals surface area contributed by atoms with E-state index in [0.717, 1.165) is 0 Å². The van der Waals surface area contributed by atoms with E-state index in [1.165, 1.54) is 0 Å². The van der Waals surface area contributed by atoms with Crippen molar-refractivity contribution < 1.29 is 73.1 Å². The first-order chi connectivity index (χ1) is 12.0. The number of halogens is 12. The number of aliphatic hydroxyl groups is 2. The van der Waals surface area contributed by atoms with Crippen LogP contribution in [0.2, 0.25) is 0 Å². The maximum Gasteiger partial charge on any atom is 0.430 e. The van der Waals surface area contributed by atoms with Crippen LogP contribution in [0.25, 0.3) is 0 Å². The number of hydrogen-bond donors (Lipinski definition) is 4. The summed E-state index contributed by atoms with van der Waals surface area (Å²) in [5, 5.41) is 36.5. The maximum atomic E-state index is 12.8. The monoisotopic (exact) mass is 442 g/mol. The Bertz CT molecular complexity index is 715. The van der Waals surface area contributed by atoms with Crippen LogP contribution in [-0.2, 0) is 11.2 Å². The highest BCUT2D eigenvalue weighted by atomic mass is 19.4. The van der Waals surface area contributed by atoms with Gasteiger partial charge in [0.25, 0.3) is 11.2 Å². The lowest BCUT2D eigenvalue weighted by molar-refractivity contribution is -0.378. The molecule has 1 aromatic rings. The molecule has 0 saturated carbocycles. The minimum Gasteiger partial charge on any atom is -0.504 e. The third kappa shape index (κ3) is 3.27. The molecule has 162 valence electrons. The first-order valence-electron chi connectivity index (χ1n) is 6.32. The molecule has 0 aliphatic heterocycles. The van der Waals surface area contributed by atoms with E-state index in [4.69, 9.17) is 15.3 Å². The van der Waals surface area contributed by atoms with Crippen LogP contribution in [0.5, 0.6) is 11.5 Å². The number of aromatic hydroxyl groups is 2. The summed E-state index contributed by atoms with van der Waals surface area (Å²) < 4.78 is 154. The van der Waals surface area contributed by atoms with Gasteiger partial charge in [-0.1, -0.05) is 0 Å². The summed E-state index contributed by atoms with van der Waals surface area (Å²) in [7, 11) is 0. The molecule has 0 spiro atoms. The molecule has 0 fully saturated rings. The van der Waals surface area contributed by atoms with E-state index in [2.05, 4.69) is 0 Å². The van der Waals surface area contributed by atoms with Crippen molar-refractivity contribution in [3.8, 4) is 11.5 Å². The van der Waals surface area contributed by atoms with Gasteiger partial charge < -0.3 is 20.4 Å². The molecular weight excluding hydrogens is 436 g/mol. The van der Waals surface area contributed by atoms with Crippen LogP contribution >= 0.6 is 0 Å². The van der Waals surface area contributed by atoms with Crippen LogP contribution in [0.1, 0.15) is 11.1 Å². The van der Waals surface area contributed by atoms with Crippen molar-refractivity contribution in [2.45, 2.75) is 35.9 Å². The van der Waals surface area contributed by atoms with E-state index >= 15 is 0 Å². The highest BCUT2D eigenvalue weighted by Gasteiger charge is 2.74. The Balaban J connectivity index is 4.08. The minimum absolute atomic E-state index is 0.757. The van der Waals surface area contributed by atoms with Crippen molar-refractivity contribution in [2.75, 3.05) is 0 Å². The highest BCUT2D eigenvalue weighted by Crippen LogP contribution is 2.57. The van der Waals surface area contributed by atoms with E-state index in [9.17, 15) is 57.8 Å². The molecule has 16 heteroatoms. The largest absolute Gasteiger partial charge is 0.504 e. The molecule has 4 N–H and O–H groups in total. The SMILES string of the molecule is Oc1cc(C(O)(C(F)(F)F)C(F)(F)F)cc(C(O)(C(F)(F)F)C(F)(F)F)c1O. The molecular formula is C12H6F12O4. The van der Waals surface area contributed by atoms with Crippen LogP contribution in [-0.4, -0.2) is 45.1 Å². The molecule has 0 saturated heterocycles. The van der Waals surface area contributed by atoms with Crippen molar-refractivity contribution >= 4 is 0 Å². The number of hydrogen-bond acceptors (Lipinski definition) is 4. The predicted octanol–water partition coefficient (Wildman–Crippen LogP) is 3.72. The van der Waals surface area contributed by atoms with Gasteiger partial charge in [0.15, 0.2) is 11.5 Å². The first kappa shape index (κ1) is 23.9. The van der Waals surface area contributed by atoms with Gasteiger partial charge >= 0.3 is 24.7 Å². The zero-order chi connectivity index (χ0) is 22.7. The quantitative estimate of drug-likeness (QED) is 0.416. The van der Waals surface area contributed by atoms with Crippen molar-refractivity contribution in [3.63, 3.8) is 0 Å². The fourth-order valence-corrected chi connectivity index (χ4v) is 2.06. The van der Waals surface area contributed by atoms with Gasteiger partial charge in [-0.15, -0.1) is 0 Å². The van der Waals surface area contributed by atoms with Crippen LogP contribution in [0.4, 0.5) is 52.7 Å². The molecule has 1 aromatic carbocycles. The average Bonchev–Trinajstić information content (AvgIpc) is 2.43. The summed E-state index contributed by atoms with van der Waals surface area (Å²) in [6, 6.07) is -1.97. The van der Waals surface area contributed by atoms with E-state index in [-0.39, 0.29) is 0 Å². The fourth-order valence-electron chi connectivity index (χ4n) is 2.06. The van der Waals surface area contributed by atoms with Crippen LogP contribution in [0.15, 0.2) is 12.1 Å². The Hall–Kier alpha value is -2.10. The smallest absolute Gasteiger partial charge is 0.430 e. The van der Waals surface area contributed by atoms with Gasteiger partial charge in [0.1, 0.15) is 0 Å². The van der Waals surface area contributed by atoms with Crippen LogP contribution in [0, 0.1) is 0 Å².